The van der Waals surface area contributed by atoms with E-state index >= 15 is 0 Å². The molecule has 6 nitrogen and oxygen atoms in total. The molecular weight excluding hydrogens is 332 g/mol. The zero-order chi connectivity index (χ0) is 18.9. The minimum Gasteiger partial charge on any atom is -0.354 e. The summed E-state index contributed by atoms with van der Waals surface area (Å²) in [5, 5.41) is 0. The maximum atomic E-state index is 12.6. The molecule has 26 heavy (non-hydrogen) atoms. The molecule has 1 fully saturated rings. The Balaban J connectivity index is 1.82. The summed E-state index contributed by atoms with van der Waals surface area (Å²) in [6, 6.07) is 6.37. The van der Waals surface area contributed by atoms with Crippen LogP contribution in [0.4, 0.5) is 0 Å². The second-order valence-electron chi connectivity index (χ2n) is 6.77. The largest absolute Gasteiger partial charge is 0.354 e. The van der Waals surface area contributed by atoms with Crippen LogP contribution in [0.25, 0.3) is 0 Å². The predicted octanol–water partition coefficient (Wildman–Crippen LogP) is 2.38. The number of hydrogen-bond acceptors (Lipinski definition) is 4. The molecule has 2 aliphatic rings. The summed E-state index contributed by atoms with van der Waals surface area (Å²) in [6.45, 7) is 5.85. The van der Waals surface area contributed by atoms with E-state index in [4.69, 9.17) is 4.74 Å². The molecule has 0 N–H and O–H groups in total. The van der Waals surface area contributed by atoms with Crippen molar-refractivity contribution in [2.24, 2.45) is 0 Å². The van der Waals surface area contributed by atoms with Gasteiger partial charge in [-0.3, -0.25) is 19.3 Å². The van der Waals surface area contributed by atoms with E-state index in [0.29, 0.717) is 11.1 Å². The van der Waals surface area contributed by atoms with Gasteiger partial charge in [0.15, 0.2) is 0 Å². The van der Waals surface area contributed by atoms with Crippen LogP contribution in [0.1, 0.15) is 41.5 Å². The average Bonchev–Trinajstić information content (AvgIpc) is 3.04. The normalized spacial score (nSPS) is 22.0. The van der Waals surface area contributed by atoms with E-state index < -0.39 is 11.8 Å². The molecule has 1 aromatic carbocycles. The van der Waals surface area contributed by atoms with Gasteiger partial charge >= 0.3 is 0 Å². The standard InChI is InChI=1S/C20H22N2O4/c1-4-5-6-11-17(23)22-14(13-26-20(22,2)3)12-21-18(24)15-9-7-8-10-16(15)19(21)25/h4-11,14H,12-13H2,1-3H3/b5-4+,11-6+/t14-/m0/s1. The fourth-order valence-corrected chi connectivity index (χ4v) is 3.41. The van der Waals surface area contributed by atoms with Crippen LogP contribution in [0, 0.1) is 0 Å². The van der Waals surface area contributed by atoms with E-state index in [2.05, 4.69) is 0 Å². The van der Waals surface area contributed by atoms with Crippen LogP contribution >= 0.6 is 0 Å². The number of amides is 3. The Hall–Kier alpha value is -2.73. The van der Waals surface area contributed by atoms with Gasteiger partial charge in [-0.25, -0.2) is 0 Å². The molecular formula is C20H22N2O4. The lowest BCUT2D eigenvalue weighted by Gasteiger charge is -2.34. The van der Waals surface area contributed by atoms with Crippen molar-refractivity contribution in [2.75, 3.05) is 13.2 Å². The molecule has 6 heteroatoms. The van der Waals surface area contributed by atoms with E-state index in [9.17, 15) is 14.4 Å². The molecule has 3 amide bonds. The monoisotopic (exact) mass is 354 g/mol. The zero-order valence-electron chi connectivity index (χ0n) is 15.1. The second kappa shape index (κ2) is 6.88. The van der Waals surface area contributed by atoms with E-state index in [1.54, 1.807) is 55.2 Å². The molecule has 0 aliphatic carbocycles. The van der Waals surface area contributed by atoms with Gasteiger partial charge in [-0.05, 0) is 32.9 Å². The van der Waals surface area contributed by atoms with Crippen molar-refractivity contribution >= 4 is 17.7 Å². The van der Waals surface area contributed by atoms with Crippen molar-refractivity contribution in [3.63, 3.8) is 0 Å². The van der Waals surface area contributed by atoms with Crippen LogP contribution in [0.15, 0.2) is 48.6 Å². The van der Waals surface area contributed by atoms with Gasteiger partial charge in [0, 0.05) is 6.08 Å². The van der Waals surface area contributed by atoms with Crippen LogP contribution in [-0.4, -0.2) is 52.4 Å². The molecule has 3 rings (SSSR count). The highest BCUT2D eigenvalue weighted by Gasteiger charge is 2.46. The fourth-order valence-electron chi connectivity index (χ4n) is 3.41. The molecule has 0 radical (unpaired) electrons. The van der Waals surface area contributed by atoms with Crippen LogP contribution in [-0.2, 0) is 9.53 Å². The van der Waals surface area contributed by atoms with Crippen LogP contribution in [0.2, 0.25) is 0 Å². The number of allylic oxidation sites excluding steroid dienone is 3. The predicted molar refractivity (Wildman–Crippen MR) is 96.4 cm³/mol. The smallest absolute Gasteiger partial charge is 0.261 e. The van der Waals surface area contributed by atoms with Crippen molar-refractivity contribution in [1.82, 2.24) is 9.80 Å². The van der Waals surface area contributed by atoms with Gasteiger partial charge in [0.25, 0.3) is 11.8 Å². The number of carbonyl (C=O) groups is 3. The summed E-state index contributed by atoms with van der Waals surface area (Å²) in [7, 11) is 0. The Labute approximate surface area is 152 Å². The van der Waals surface area contributed by atoms with Crippen molar-refractivity contribution in [2.45, 2.75) is 32.5 Å². The molecule has 0 spiro atoms. The SMILES string of the molecule is C/C=C/C=C/C(=O)N1[C@@H](CN2C(=O)c3ccccc3C2=O)COC1(C)C. The molecule has 0 saturated carbocycles. The Morgan fingerprint density at radius 2 is 1.81 bits per heavy atom. The summed E-state index contributed by atoms with van der Waals surface area (Å²) in [6.07, 6.45) is 6.72. The van der Waals surface area contributed by atoms with Crippen LogP contribution in [0.3, 0.4) is 0 Å². The van der Waals surface area contributed by atoms with Gasteiger partial charge in [0.05, 0.1) is 30.3 Å². The van der Waals surface area contributed by atoms with Crippen LogP contribution < -0.4 is 0 Å². The zero-order valence-corrected chi connectivity index (χ0v) is 15.1. The Bertz CT molecular complexity index is 775. The van der Waals surface area contributed by atoms with Crippen molar-refractivity contribution in [3.8, 4) is 0 Å². The summed E-state index contributed by atoms with van der Waals surface area (Å²) < 4.78 is 5.75. The van der Waals surface area contributed by atoms with Crippen molar-refractivity contribution in [3.05, 3.63) is 59.7 Å². The summed E-state index contributed by atoms with van der Waals surface area (Å²) in [4.78, 5) is 40.6. The number of nitrogens with zero attached hydrogens (tertiary/aromatic N) is 2. The summed E-state index contributed by atoms with van der Waals surface area (Å²) in [5.74, 6) is -0.869. The highest BCUT2D eigenvalue weighted by Crippen LogP contribution is 2.30. The number of rotatable bonds is 4. The topological polar surface area (TPSA) is 66.9 Å². The minimum absolute atomic E-state index is 0.110. The molecule has 0 aromatic heterocycles. The lowest BCUT2D eigenvalue weighted by atomic mass is 10.1. The van der Waals surface area contributed by atoms with Gasteiger partial charge in [-0.2, -0.15) is 0 Å². The number of hydrogen-bond donors (Lipinski definition) is 0. The number of benzene rings is 1. The highest BCUT2D eigenvalue weighted by atomic mass is 16.5. The van der Waals surface area contributed by atoms with Gasteiger partial charge in [0.2, 0.25) is 5.91 Å². The quantitative estimate of drug-likeness (QED) is 0.473. The number of carbonyl (C=O) groups excluding carboxylic acids is 3. The molecule has 2 heterocycles. The molecule has 2 aliphatic heterocycles. The number of fused-ring (bicyclic) bond motifs is 1. The minimum atomic E-state index is -0.805. The third kappa shape index (κ3) is 3.08. The van der Waals surface area contributed by atoms with Gasteiger partial charge < -0.3 is 9.64 Å². The first kappa shape index (κ1) is 18.1. The maximum absolute atomic E-state index is 12.6. The van der Waals surface area contributed by atoms with Gasteiger partial charge in [0.1, 0.15) is 5.72 Å². The fraction of sp³-hybridized carbons (Fsp3) is 0.350. The van der Waals surface area contributed by atoms with E-state index in [1.165, 1.54) is 11.0 Å². The van der Waals surface area contributed by atoms with Crippen molar-refractivity contribution in [1.29, 1.82) is 0 Å². The highest BCUT2D eigenvalue weighted by molar-refractivity contribution is 6.21. The molecule has 136 valence electrons. The van der Waals surface area contributed by atoms with Gasteiger partial charge in [-0.15, -0.1) is 0 Å². The summed E-state index contributed by atoms with van der Waals surface area (Å²) >= 11 is 0. The summed E-state index contributed by atoms with van der Waals surface area (Å²) in [5.41, 5.74) is 0.00352. The van der Waals surface area contributed by atoms with Crippen LogP contribution in [0.5, 0.6) is 0 Å². The van der Waals surface area contributed by atoms with E-state index in [1.807, 2.05) is 13.0 Å². The first-order valence-corrected chi connectivity index (χ1v) is 8.58. The van der Waals surface area contributed by atoms with Crippen molar-refractivity contribution < 1.29 is 19.1 Å². The lowest BCUT2D eigenvalue weighted by molar-refractivity contribution is -0.140. The van der Waals surface area contributed by atoms with Gasteiger partial charge in [-0.1, -0.05) is 30.4 Å². The lowest BCUT2D eigenvalue weighted by Crippen LogP contribution is -2.51. The average molecular weight is 354 g/mol. The Morgan fingerprint density at radius 3 is 2.38 bits per heavy atom. The third-order valence-electron chi connectivity index (χ3n) is 4.63. The number of ether oxygens (including phenoxy) is 1. The Morgan fingerprint density at radius 1 is 1.19 bits per heavy atom. The van der Waals surface area contributed by atoms with E-state index in [0.717, 1.165) is 0 Å². The Kier molecular flexibility index (Phi) is 4.78. The molecule has 1 saturated heterocycles. The molecule has 0 unspecified atom stereocenters. The molecule has 1 aromatic rings. The number of imide groups is 1. The third-order valence-corrected chi connectivity index (χ3v) is 4.63. The molecule has 0 bridgehead atoms. The first-order chi connectivity index (χ1) is 12.4. The maximum Gasteiger partial charge on any atom is 0.261 e. The molecule has 1 atom stereocenters. The first-order valence-electron chi connectivity index (χ1n) is 8.58. The second-order valence-corrected chi connectivity index (χ2v) is 6.77. The van der Waals surface area contributed by atoms with E-state index in [-0.39, 0.29) is 30.9 Å².